The van der Waals surface area contributed by atoms with Gasteiger partial charge < -0.3 is 15.8 Å². The second kappa shape index (κ2) is 6.99. The number of amides is 1. The predicted molar refractivity (Wildman–Crippen MR) is 84.2 cm³/mol. The Morgan fingerprint density at radius 1 is 1.32 bits per heavy atom. The zero-order chi connectivity index (χ0) is 16.1. The van der Waals surface area contributed by atoms with Crippen molar-refractivity contribution < 1.29 is 14.3 Å². The van der Waals surface area contributed by atoms with E-state index in [4.69, 9.17) is 10.5 Å². The van der Waals surface area contributed by atoms with Gasteiger partial charge in [-0.25, -0.2) is 14.8 Å². The molecule has 0 unspecified atom stereocenters. The molecule has 8 heteroatoms. The molecule has 0 aliphatic rings. The van der Waals surface area contributed by atoms with Gasteiger partial charge in [0.1, 0.15) is 0 Å². The Labute approximate surface area is 135 Å². The lowest BCUT2D eigenvalue weighted by Crippen LogP contribution is -2.22. The normalized spacial score (nSPS) is 10.1. The Morgan fingerprint density at radius 3 is 2.73 bits per heavy atom. The molecule has 0 aliphatic carbocycles. The van der Waals surface area contributed by atoms with Crippen molar-refractivity contribution in [2.75, 3.05) is 17.7 Å². The highest BCUT2D eigenvalue weighted by Crippen LogP contribution is 2.19. The number of nitrogens with two attached hydrogens (primary N) is 1. The smallest absolute Gasteiger partial charge is 0.361 e. The van der Waals surface area contributed by atoms with Crippen LogP contribution in [0.5, 0.6) is 0 Å². The topological polar surface area (TPSA) is 107 Å². The van der Waals surface area contributed by atoms with Gasteiger partial charge in [-0.3, -0.25) is 4.79 Å². The van der Waals surface area contributed by atoms with Crippen LogP contribution in [0, 0.1) is 6.92 Å². The number of hydrogen-bond acceptors (Lipinski definition) is 6. The number of ether oxygens (including phenoxy) is 1. The Kier molecular flexibility index (Phi) is 5.05. The average molecular weight is 365 g/mol. The number of nitrogens with one attached hydrogen (secondary N) is 1. The van der Waals surface area contributed by atoms with Crippen LogP contribution in [0.15, 0.2) is 35.1 Å². The summed E-state index contributed by atoms with van der Waals surface area (Å²) in [5.41, 5.74) is 6.97. The number of rotatable bonds is 4. The molecule has 1 aromatic heterocycles. The summed E-state index contributed by atoms with van der Waals surface area (Å²) in [4.78, 5) is 31.0. The van der Waals surface area contributed by atoms with Crippen molar-refractivity contribution in [3.63, 3.8) is 0 Å². The molecule has 0 bridgehead atoms. The molecule has 3 N–H and O–H groups in total. The maximum atomic E-state index is 11.8. The lowest BCUT2D eigenvalue weighted by molar-refractivity contribution is -0.119. The summed E-state index contributed by atoms with van der Waals surface area (Å²) in [5.74, 6) is -1.30. The Bertz CT molecular complexity index is 721. The van der Waals surface area contributed by atoms with Gasteiger partial charge in [0.2, 0.25) is 0 Å². The Balaban J connectivity index is 1.91. The molecule has 0 fully saturated rings. The van der Waals surface area contributed by atoms with Crippen LogP contribution >= 0.6 is 15.9 Å². The Hall–Kier alpha value is -2.48. The molecule has 22 heavy (non-hydrogen) atoms. The summed E-state index contributed by atoms with van der Waals surface area (Å²) in [6.45, 7) is 1.46. The van der Waals surface area contributed by atoms with Crippen LogP contribution in [0.2, 0.25) is 0 Å². The molecule has 0 atom stereocenters. The number of aryl methyl sites for hydroxylation is 1. The van der Waals surface area contributed by atoms with E-state index in [0.717, 1.165) is 10.0 Å². The fourth-order valence-corrected chi connectivity index (χ4v) is 1.87. The SMILES string of the molecule is Cc1cc(NC(=O)COC(=O)c2nccnc2N)ccc1Br. The predicted octanol–water partition coefficient (Wildman–Crippen LogP) is 1.93. The van der Waals surface area contributed by atoms with Gasteiger partial charge in [0, 0.05) is 22.6 Å². The van der Waals surface area contributed by atoms with Crippen molar-refractivity contribution in [1.82, 2.24) is 9.97 Å². The van der Waals surface area contributed by atoms with Gasteiger partial charge in [0.05, 0.1) is 0 Å². The number of carbonyl (C=O) groups is 2. The van der Waals surface area contributed by atoms with Crippen LogP contribution in [0.1, 0.15) is 16.1 Å². The van der Waals surface area contributed by atoms with Crippen LogP contribution in [0.25, 0.3) is 0 Å². The zero-order valence-electron chi connectivity index (χ0n) is 11.7. The standard InChI is InChI=1S/C14H13BrN4O3/c1-8-6-9(2-3-10(8)15)19-11(20)7-22-14(21)12-13(16)18-5-4-17-12/h2-6H,7H2,1H3,(H2,16,18)(H,19,20). The molecule has 2 rings (SSSR count). The van der Waals surface area contributed by atoms with E-state index in [1.54, 1.807) is 12.1 Å². The maximum Gasteiger partial charge on any atom is 0.361 e. The largest absolute Gasteiger partial charge is 0.451 e. The van der Waals surface area contributed by atoms with Crippen molar-refractivity contribution in [3.05, 3.63) is 46.3 Å². The Morgan fingerprint density at radius 2 is 2.05 bits per heavy atom. The van der Waals surface area contributed by atoms with E-state index in [-0.39, 0.29) is 11.5 Å². The van der Waals surface area contributed by atoms with Gasteiger partial charge in [-0.1, -0.05) is 15.9 Å². The minimum Gasteiger partial charge on any atom is -0.451 e. The number of carbonyl (C=O) groups excluding carboxylic acids is 2. The van der Waals surface area contributed by atoms with Gasteiger partial charge >= 0.3 is 5.97 Å². The highest BCUT2D eigenvalue weighted by molar-refractivity contribution is 9.10. The summed E-state index contributed by atoms with van der Waals surface area (Å²) < 4.78 is 5.79. The van der Waals surface area contributed by atoms with Crippen LogP contribution in [-0.2, 0) is 9.53 Å². The van der Waals surface area contributed by atoms with E-state index in [0.29, 0.717) is 5.69 Å². The molecule has 0 aliphatic heterocycles. The number of anilines is 2. The van der Waals surface area contributed by atoms with Crippen molar-refractivity contribution in [3.8, 4) is 0 Å². The number of benzene rings is 1. The minimum absolute atomic E-state index is 0.0450. The molecular formula is C14H13BrN4O3. The van der Waals surface area contributed by atoms with Gasteiger partial charge in [0.25, 0.3) is 5.91 Å². The van der Waals surface area contributed by atoms with Crippen LogP contribution in [0.3, 0.4) is 0 Å². The third kappa shape index (κ3) is 4.01. The molecule has 7 nitrogen and oxygen atoms in total. The van der Waals surface area contributed by atoms with Gasteiger partial charge in [-0.15, -0.1) is 0 Å². The molecule has 0 saturated heterocycles. The van der Waals surface area contributed by atoms with E-state index < -0.39 is 18.5 Å². The molecule has 0 radical (unpaired) electrons. The summed E-state index contributed by atoms with van der Waals surface area (Å²) in [6, 6.07) is 5.35. The lowest BCUT2D eigenvalue weighted by Gasteiger charge is -2.08. The molecule has 0 saturated carbocycles. The first-order valence-electron chi connectivity index (χ1n) is 6.27. The third-order valence-electron chi connectivity index (χ3n) is 2.70. The molecule has 1 amide bonds. The minimum atomic E-state index is -0.798. The second-order valence-electron chi connectivity index (χ2n) is 4.38. The number of aromatic nitrogens is 2. The maximum absolute atomic E-state index is 11.8. The first kappa shape index (κ1) is 15.9. The summed E-state index contributed by atoms with van der Waals surface area (Å²) >= 11 is 3.37. The molecule has 0 spiro atoms. The summed E-state index contributed by atoms with van der Waals surface area (Å²) in [5, 5.41) is 2.63. The lowest BCUT2D eigenvalue weighted by atomic mass is 10.2. The van der Waals surface area contributed by atoms with E-state index >= 15 is 0 Å². The summed E-state index contributed by atoms with van der Waals surface area (Å²) in [7, 11) is 0. The van der Waals surface area contributed by atoms with Gasteiger partial charge in [-0.05, 0) is 30.7 Å². The number of nitrogen functional groups attached to an aromatic ring is 1. The molecular weight excluding hydrogens is 352 g/mol. The number of esters is 1. The van der Waals surface area contributed by atoms with Gasteiger partial charge in [-0.2, -0.15) is 0 Å². The number of halogens is 1. The second-order valence-corrected chi connectivity index (χ2v) is 5.23. The summed E-state index contributed by atoms with van der Waals surface area (Å²) in [6.07, 6.45) is 2.67. The molecule has 1 aromatic carbocycles. The number of nitrogens with zero attached hydrogens (tertiary/aromatic N) is 2. The molecule has 114 valence electrons. The van der Waals surface area contributed by atoms with Crippen molar-refractivity contribution in [1.29, 1.82) is 0 Å². The average Bonchev–Trinajstić information content (AvgIpc) is 2.49. The van der Waals surface area contributed by atoms with Crippen molar-refractivity contribution in [2.45, 2.75) is 6.92 Å². The monoisotopic (exact) mass is 364 g/mol. The highest BCUT2D eigenvalue weighted by atomic mass is 79.9. The quantitative estimate of drug-likeness (QED) is 0.802. The highest BCUT2D eigenvalue weighted by Gasteiger charge is 2.15. The number of hydrogen-bond donors (Lipinski definition) is 2. The fraction of sp³-hybridized carbons (Fsp3) is 0.143. The van der Waals surface area contributed by atoms with Crippen LogP contribution in [-0.4, -0.2) is 28.5 Å². The van der Waals surface area contributed by atoms with E-state index in [1.165, 1.54) is 12.4 Å². The van der Waals surface area contributed by atoms with Gasteiger partial charge in [0.15, 0.2) is 18.1 Å². The zero-order valence-corrected chi connectivity index (χ0v) is 13.3. The third-order valence-corrected chi connectivity index (χ3v) is 3.59. The first-order chi connectivity index (χ1) is 10.5. The van der Waals surface area contributed by atoms with Crippen molar-refractivity contribution >= 4 is 39.3 Å². The molecule has 2 aromatic rings. The van der Waals surface area contributed by atoms with E-state index in [2.05, 4.69) is 31.2 Å². The van der Waals surface area contributed by atoms with Crippen LogP contribution < -0.4 is 11.1 Å². The van der Waals surface area contributed by atoms with Crippen molar-refractivity contribution in [2.24, 2.45) is 0 Å². The fourth-order valence-electron chi connectivity index (χ4n) is 1.63. The first-order valence-corrected chi connectivity index (χ1v) is 7.06. The molecule has 1 heterocycles. The van der Waals surface area contributed by atoms with E-state index in [1.807, 2.05) is 13.0 Å². The van der Waals surface area contributed by atoms with E-state index in [9.17, 15) is 9.59 Å². The van der Waals surface area contributed by atoms with Crippen LogP contribution in [0.4, 0.5) is 11.5 Å².